The van der Waals surface area contributed by atoms with Gasteiger partial charge >= 0.3 is 5.97 Å². The van der Waals surface area contributed by atoms with Gasteiger partial charge in [0.1, 0.15) is 0 Å². The van der Waals surface area contributed by atoms with E-state index < -0.39 is 0 Å². The highest BCUT2D eigenvalue weighted by molar-refractivity contribution is 5.98. The van der Waals surface area contributed by atoms with Gasteiger partial charge in [-0.05, 0) is 24.7 Å². The fourth-order valence-electron chi connectivity index (χ4n) is 3.00. The molecule has 2 aliphatic carbocycles. The average molecular weight is 256 g/mol. The fourth-order valence-corrected chi connectivity index (χ4v) is 3.00. The summed E-state index contributed by atoms with van der Waals surface area (Å²) in [6, 6.07) is 8.92. The summed E-state index contributed by atoms with van der Waals surface area (Å²) < 4.78 is 5.17. The van der Waals surface area contributed by atoms with E-state index in [1.54, 1.807) is 24.3 Å². The molecule has 0 unspecified atom stereocenters. The number of esters is 1. The van der Waals surface area contributed by atoms with E-state index in [0.29, 0.717) is 17.4 Å². The van der Waals surface area contributed by atoms with Gasteiger partial charge in [-0.2, -0.15) is 0 Å². The van der Waals surface area contributed by atoms with Crippen molar-refractivity contribution in [3.05, 3.63) is 48.0 Å². The molecule has 3 rings (SSSR count). The van der Waals surface area contributed by atoms with E-state index in [-0.39, 0.29) is 24.3 Å². The smallest absolute Gasteiger partial charge is 0.310 e. The molecule has 0 aromatic heterocycles. The van der Waals surface area contributed by atoms with E-state index in [2.05, 4.69) is 12.2 Å². The minimum atomic E-state index is -0.221. The first-order valence-electron chi connectivity index (χ1n) is 6.67. The van der Waals surface area contributed by atoms with Crippen molar-refractivity contribution in [2.24, 2.45) is 17.8 Å². The zero-order valence-electron chi connectivity index (χ0n) is 10.6. The van der Waals surface area contributed by atoms with Crippen LogP contribution in [0.25, 0.3) is 0 Å². The Bertz CT molecular complexity index is 518. The molecule has 2 bridgehead atoms. The van der Waals surface area contributed by atoms with Crippen molar-refractivity contribution in [1.82, 2.24) is 0 Å². The molecule has 0 spiro atoms. The van der Waals surface area contributed by atoms with Crippen LogP contribution in [-0.4, -0.2) is 18.4 Å². The van der Waals surface area contributed by atoms with Gasteiger partial charge in [-0.3, -0.25) is 9.59 Å². The lowest BCUT2D eigenvalue weighted by Gasteiger charge is -2.16. The predicted octanol–water partition coefficient (Wildman–Crippen LogP) is 2.62. The SMILES string of the molecule is O=C(COC(=O)[C@H]1C[C@H]2C=C[C@H]1C2)c1ccccc1. The lowest BCUT2D eigenvalue weighted by Crippen LogP contribution is -2.24. The van der Waals surface area contributed by atoms with Crippen molar-refractivity contribution >= 4 is 11.8 Å². The molecule has 0 N–H and O–H groups in total. The summed E-state index contributed by atoms with van der Waals surface area (Å²) >= 11 is 0. The molecule has 1 saturated carbocycles. The Morgan fingerprint density at radius 3 is 2.53 bits per heavy atom. The molecule has 1 fully saturated rings. The number of ketones is 1. The van der Waals surface area contributed by atoms with Crippen molar-refractivity contribution in [2.45, 2.75) is 12.8 Å². The van der Waals surface area contributed by atoms with Gasteiger partial charge in [0.25, 0.3) is 0 Å². The second-order valence-corrected chi connectivity index (χ2v) is 5.28. The van der Waals surface area contributed by atoms with Gasteiger partial charge in [-0.1, -0.05) is 42.5 Å². The van der Waals surface area contributed by atoms with Crippen LogP contribution in [0, 0.1) is 17.8 Å². The summed E-state index contributed by atoms with van der Waals surface area (Å²) in [6.07, 6.45) is 6.23. The Kier molecular flexibility index (Phi) is 3.20. The lowest BCUT2D eigenvalue weighted by molar-refractivity contribution is -0.148. The number of benzene rings is 1. The lowest BCUT2D eigenvalue weighted by atomic mass is 9.94. The van der Waals surface area contributed by atoms with Crippen LogP contribution in [0.1, 0.15) is 23.2 Å². The molecule has 0 saturated heterocycles. The number of allylic oxidation sites excluding steroid dienone is 2. The summed E-state index contributed by atoms with van der Waals surface area (Å²) in [7, 11) is 0. The molecule has 3 atom stereocenters. The Morgan fingerprint density at radius 1 is 1.11 bits per heavy atom. The third-order valence-electron chi connectivity index (χ3n) is 4.02. The van der Waals surface area contributed by atoms with Crippen molar-refractivity contribution in [2.75, 3.05) is 6.61 Å². The molecule has 0 radical (unpaired) electrons. The van der Waals surface area contributed by atoms with E-state index in [1.807, 2.05) is 6.07 Å². The number of rotatable bonds is 4. The molecule has 19 heavy (non-hydrogen) atoms. The monoisotopic (exact) mass is 256 g/mol. The van der Waals surface area contributed by atoms with Crippen LogP contribution >= 0.6 is 0 Å². The molecule has 2 aliphatic rings. The number of ether oxygens (including phenoxy) is 1. The largest absolute Gasteiger partial charge is 0.457 e. The van der Waals surface area contributed by atoms with Crippen molar-refractivity contribution in [3.63, 3.8) is 0 Å². The minimum Gasteiger partial charge on any atom is -0.457 e. The Labute approximate surface area is 112 Å². The van der Waals surface area contributed by atoms with Gasteiger partial charge in [0.2, 0.25) is 0 Å². The molecule has 1 aromatic carbocycles. The van der Waals surface area contributed by atoms with Crippen molar-refractivity contribution < 1.29 is 14.3 Å². The molecule has 0 aliphatic heterocycles. The number of hydrogen-bond acceptors (Lipinski definition) is 3. The first kappa shape index (κ1) is 12.2. The average Bonchev–Trinajstić information content (AvgIpc) is 3.08. The summed E-state index contributed by atoms with van der Waals surface area (Å²) in [4.78, 5) is 23.8. The number of fused-ring (bicyclic) bond motifs is 2. The standard InChI is InChI=1S/C16H16O3/c17-15(12-4-2-1-3-5-12)10-19-16(18)14-9-11-6-7-13(14)8-11/h1-7,11,13-14H,8-10H2/t11-,13-,14-/m0/s1. The fraction of sp³-hybridized carbons (Fsp3) is 0.375. The van der Waals surface area contributed by atoms with Crippen molar-refractivity contribution in [1.29, 1.82) is 0 Å². The third-order valence-corrected chi connectivity index (χ3v) is 4.02. The normalized spacial score (nSPS) is 27.5. The van der Waals surface area contributed by atoms with Gasteiger partial charge in [0.05, 0.1) is 5.92 Å². The van der Waals surface area contributed by atoms with Gasteiger partial charge < -0.3 is 4.74 Å². The van der Waals surface area contributed by atoms with Crippen LogP contribution in [-0.2, 0) is 9.53 Å². The van der Waals surface area contributed by atoms with Crippen LogP contribution < -0.4 is 0 Å². The highest BCUT2D eigenvalue weighted by atomic mass is 16.5. The van der Waals surface area contributed by atoms with Crippen LogP contribution in [0.15, 0.2) is 42.5 Å². The van der Waals surface area contributed by atoms with Gasteiger partial charge in [0, 0.05) is 5.56 Å². The van der Waals surface area contributed by atoms with E-state index >= 15 is 0 Å². The highest BCUT2D eigenvalue weighted by Crippen LogP contribution is 2.43. The summed E-state index contributed by atoms with van der Waals surface area (Å²) in [5.41, 5.74) is 0.586. The van der Waals surface area contributed by atoms with E-state index in [1.165, 1.54) is 0 Å². The van der Waals surface area contributed by atoms with Crippen LogP contribution in [0.2, 0.25) is 0 Å². The summed E-state index contributed by atoms with van der Waals surface area (Å²) in [6.45, 7) is -0.152. The Morgan fingerprint density at radius 2 is 1.89 bits per heavy atom. The maximum Gasteiger partial charge on any atom is 0.310 e. The van der Waals surface area contributed by atoms with Crippen LogP contribution in [0.4, 0.5) is 0 Å². The number of Topliss-reactive ketones (excluding diaryl/α,β-unsaturated/α-hetero) is 1. The molecule has 3 nitrogen and oxygen atoms in total. The van der Waals surface area contributed by atoms with Crippen LogP contribution in [0.5, 0.6) is 0 Å². The van der Waals surface area contributed by atoms with Crippen molar-refractivity contribution in [3.8, 4) is 0 Å². The first-order chi connectivity index (χ1) is 9.24. The molecule has 0 amide bonds. The third kappa shape index (κ3) is 2.46. The topological polar surface area (TPSA) is 43.4 Å². The number of carbonyl (C=O) groups is 2. The summed E-state index contributed by atoms with van der Waals surface area (Å²) in [5, 5.41) is 0. The zero-order chi connectivity index (χ0) is 13.2. The van der Waals surface area contributed by atoms with Gasteiger partial charge in [-0.15, -0.1) is 0 Å². The van der Waals surface area contributed by atoms with E-state index in [0.717, 1.165) is 12.8 Å². The second-order valence-electron chi connectivity index (χ2n) is 5.28. The molecular formula is C16H16O3. The minimum absolute atomic E-state index is 0.0430. The van der Waals surface area contributed by atoms with E-state index in [4.69, 9.17) is 4.74 Å². The number of carbonyl (C=O) groups excluding carboxylic acids is 2. The zero-order valence-corrected chi connectivity index (χ0v) is 10.6. The molecule has 0 heterocycles. The number of hydrogen-bond donors (Lipinski definition) is 0. The van der Waals surface area contributed by atoms with Gasteiger partial charge in [-0.25, -0.2) is 0 Å². The van der Waals surface area contributed by atoms with E-state index in [9.17, 15) is 9.59 Å². The Balaban J connectivity index is 1.54. The first-order valence-corrected chi connectivity index (χ1v) is 6.67. The molecule has 3 heteroatoms. The molecular weight excluding hydrogens is 240 g/mol. The Hall–Kier alpha value is -1.90. The maximum absolute atomic E-state index is 12.0. The predicted molar refractivity (Wildman–Crippen MR) is 70.6 cm³/mol. The highest BCUT2D eigenvalue weighted by Gasteiger charge is 2.40. The van der Waals surface area contributed by atoms with Gasteiger partial charge in [0.15, 0.2) is 12.4 Å². The van der Waals surface area contributed by atoms with Crippen LogP contribution in [0.3, 0.4) is 0 Å². The second kappa shape index (κ2) is 5.00. The maximum atomic E-state index is 12.0. The summed E-state index contributed by atoms with van der Waals surface area (Å²) in [5.74, 6) is 0.448. The molecule has 98 valence electrons. The molecule has 1 aromatic rings. The quantitative estimate of drug-likeness (QED) is 0.472.